The highest BCUT2D eigenvalue weighted by Crippen LogP contribution is 2.24. The molecule has 4 rings (SSSR count). The summed E-state index contributed by atoms with van der Waals surface area (Å²) < 4.78 is 10.8. The zero-order valence-corrected chi connectivity index (χ0v) is 19.5. The SMILES string of the molecule is CCOC(=O)c1cnc(Nc2cc(N3CCN(CCOCc4ccccc4)CC3)ncn2)s1. The number of rotatable bonds is 10. The summed E-state index contributed by atoms with van der Waals surface area (Å²) in [5, 5.41) is 3.74. The van der Waals surface area contributed by atoms with Gasteiger partial charge in [0.1, 0.15) is 22.8 Å². The summed E-state index contributed by atoms with van der Waals surface area (Å²) in [6, 6.07) is 12.1. The van der Waals surface area contributed by atoms with Gasteiger partial charge >= 0.3 is 5.97 Å². The number of aromatic nitrogens is 3. The lowest BCUT2D eigenvalue weighted by atomic mass is 10.2. The van der Waals surface area contributed by atoms with Gasteiger partial charge in [0.05, 0.1) is 26.0 Å². The van der Waals surface area contributed by atoms with Gasteiger partial charge in [0, 0.05) is 38.8 Å². The molecule has 0 radical (unpaired) electrons. The number of ether oxygens (including phenoxy) is 2. The van der Waals surface area contributed by atoms with E-state index >= 15 is 0 Å². The number of hydrogen-bond donors (Lipinski definition) is 1. The molecule has 33 heavy (non-hydrogen) atoms. The van der Waals surface area contributed by atoms with Gasteiger partial charge in [-0.15, -0.1) is 0 Å². The predicted octanol–water partition coefficient (Wildman–Crippen LogP) is 3.19. The number of carbonyl (C=O) groups is 1. The van der Waals surface area contributed by atoms with E-state index in [1.165, 1.54) is 23.1 Å². The molecule has 1 N–H and O–H groups in total. The molecular formula is C23H28N6O3S. The lowest BCUT2D eigenvalue weighted by Crippen LogP contribution is -2.47. The van der Waals surface area contributed by atoms with Crippen molar-refractivity contribution in [3.63, 3.8) is 0 Å². The number of benzene rings is 1. The van der Waals surface area contributed by atoms with Gasteiger partial charge in [-0.25, -0.2) is 19.7 Å². The molecule has 10 heteroatoms. The van der Waals surface area contributed by atoms with Gasteiger partial charge in [0.25, 0.3) is 0 Å². The average Bonchev–Trinajstić information content (AvgIpc) is 3.32. The third-order valence-electron chi connectivity index (χ3n) is 5.23. The van der Waals surface area contributed by atoms with E-state index < -0.39 is 0 Å². The third-order valence-corrected chi connectivity index (χ3v) is 6.12. The van der Waals surface area contributed by atoms with Crippen molar-refractivity contribution in [1.82, 2.24) is 19.9 Å². The van der Waals surface area contributed by atoms with Gasteiger partial charge < -0.3 is 19.7 Å². The molecule has 1 aromatic carbocycles. The van der Waals surface area contributed by atoms with Crippen molar-refractivity contribution >= 4 is 34.1 Å². The summed E-state index contributed by atoms with van der Waals surface area (Å²) in [7, 11) is 0. The average molecular weight is 469 g/mol. The van der Waals surface area contributed by atoms with Crippen LogP contribution in [0.15, 0.2) is 48.9 Å². The molecule has 9 nitrogen and oxygen atoms in total. The maximum absolute atomic E-state index is 11.8. The van der Waals surface area contributed by atoms with Crippen LogP contribution in [0.5, 0.6) is 0 Å². The number of nitrogens with one attached hydrogen (secondary N) is 1. The summed E-state index contributed by atoms with van der Waals surface area (Å²) in [5.74, 6) is 1.14. The fourth-order valence-corrected chi connectivity index (χ4v) is 4.20. The fourth-order valence-electron chi connectivity index (χ4n) is 3.48. The van der Waals surface area contributed by atoms with Crippen LogP contribution in [-0.2, 0) is 16.1 Å². The van der Waals surface area contributed by atoms with Crippen LogP contribution >= 0.6 is 11.3 Å². The van der Waals surface area contributed by atoms with Crippen molar-refractivity contribution in [3.8, 4) is 0 Å². The molecule has 3 heterocycles. The highest BCUT2D eigenvalue weighted by Gasteiger charge is 2.19. The van der Waals surface area contributed by atoms with E-state index in [0.717, 1.165) is 45.1 Å². The maximum atomic E-state index is 11.8. The molecule has 1 fully saturated rings. The highest BCUT2D eigenvalue weighted by molar-refractivity contribution is 7.17. The Morgan fingerprint density at radius 2 is 1.94 bits per heavy atom. The van der Waals surface area contributed by atoms with Gasteiger partial charge in [-0.05, 0) is 12.5 Å². The molecule has 0 bridgehead atoms. The summed E-state index contributed by atoms with van der Waals surface area (Å²) in [4.78, 5) is 29.9. The minimum atomic E-state index is -0.366. The van der Waals surface area contributed by atoms with Crippen LogP contribution < -0.4 is 10.2 Å². The Hall–Kier alpha value is -3.08. The van der Waals surface area contributed by atoms with Crippen LogP contribution in [0.3, 0.4) is 0 Å². The van der Waals surface area contributed by atoms with Crippen molar-refractivity contribution in [1.29, 1.82) is 0 Å². The molecule has 2 aromatic heterocycles. The number of hydrogen-bond acceptors (Lipinski definition) is 10. The van der Waals surface area contributed by atoms with Gasteiger partial charge in [-0.3, -0.25) is 4.90 Å². The number of carbonyl (C=O) groups excluding carboxylic acids is 1. The number of esters is 1. The topological polar surface area (TPSA) is 92.7 Å². The second-order valence-corrected chi connectivity index (χ2v) is 8.53. The third kappa shape index (κ3) is 6.70. The molecule has 3 aromatic rings. The molecule has 0 aliphatic carbocycles. The van der Waals surface area contributed by atoms with Crippen LogP contribution in [0.1, 0.15) is 22.2 Å². The molecule has 1 aliphatic heterocycles. The standard InChI is InChI=1S/C23H28N6O3S/c1-2-32-22(30)19-15-24-23(33-19)27-20-14-21(26-17-25-20)29-10-8-28(9-11-29)12-13-31-16-18-6-4-3-5-7-18/h3-7,14-15,17H,2,8-13,16H2,1H3,(H,24,25,26,27). The van der Waals surface area contributed by atoms with E-state index in [9.17, 15) is 4.79 Å². The van der Waals surface area contributed by atoms with E-state index in [1.54, 1.807) is 13.3 Å². The molecule has 1 aliphatic rings. The molecule has 0 spiro atoms. The normalized spacial score (nSPS) is 14.3. The molecule has 1 saturated heterocycles. The van der Waals surface area contributed by atoms with E-state index in [-0.39, 0.29) is 5.97 Å². The summed E-state index contributed by atoms with van der Waals surface area (Å²) >= 11 is 1.24. The van der Waals surface area contributed by atoms with E-state index in [4.69, 9.17) is 9.47 Å². The summed E-state index contributed by atoms with van der Waals surface area (Å²) in [6.07, 6.45) is 3.05. The van der Waals surface area contributed by atoms with E-state index in [1.807, 2.05) is 24.3 Å². The first-order valence-corrected chi connectivity index (χ1v) is 11.8. The fraction of sp³-hybridized carbons (Fsp3) is 0.391. The lowest BCUT2D eigenvalue weighted by molar-refractivity contribution is 0.0532. The Kier molecular flexibility index (Phi) is 8.18. The molecule has 0 amide bonds. The lowest BCUT2D eigenvalue weighted by Gasteiger charge is -2.35. The predicted molar refractivity (Wildman–Crippen MR) is 128 cm³/mol. The van der Waals surface area contributed by atoms with Crippen molar-refractivity contribution in [2.75, 3.05) is 56.2 Å². The van der Waals surface area contributed by atoms with Crippen LogP contribution in [0.25, 0.3) is 0 Å². The zero-order chi connectivity index (χ0) is 22.9. The van der Waals surface area contributed by atoms with Crippen LogP contribution in [0, 0.1) is 0 Å². The van der Waals surface area contributed by atoms with Crippen molar-refractivity contribution < 1.29 is 14.3 Å². The number of nitrogens with zero attached hydrogens (tertiary/aromatic N) is 5. The summed E-state index contributed by atoms with van der Waals surface area (Å²) in [5.41, 5.74) is 1.20. The molecule has 174 valence electrons. The second kappa shape index (κ2) is 11.7. The number of thiazole rings is 1. The van der Waals surface area contributed by atoms with Crippen LogP contribution in [0.2, 0.25) is 0 Å². The smallest absolute Gasteiger partial charge is 0.350 e. The molecule has 0 saturated carbocycles. The zero-order valence-electron chi connectivity index (χ0n) is 18.6. The van der Waals surface area contributed by atoms with Gasteiger partial charge in [-0.1, -0.05) is 41.7 Å². The Labute approximate surface area is 197 Å². The number of anilines is 3. The van der Waals surface area contributed by atoms with E-state index in [2.05, 4.69) is 42.2 Å². The molecule has 0 unspecified atom stereocenters. The van der Waals surface area contributed by atoms with Crippen molar-refractivity contribution in [3.05, 3.63) is 59.4 Å². The Bertz CT molecular complexity index is 1020. The Balaban J connectivity index is 1.23. The Morgan fingerprint density at radius 3 is 2.73 bits per heavy atom. The van der Waals surface area contributed by atoms with Crippen LogP contribution in [0.4, 0.5) is 16.8 Å². The highest BCUT2D eigenvalue weighted by atomic mass is 32.1. The maximum Gasteiger partial charge on any atom is 0.350 e. The summed E-state index contributed by atoms with van der Waals surface area (Å²) in [6.45, 7) is 8.09. The minimum Gasteiger partial charge on any atom is -0.462 e. The largest absolute Gasteiger partial charge is 0.462 e. The monoisotopic (exact) mass is 468 g/mol. The number of piperazine rings is 1. The quantitative estimate of drug-likeness (QED) is 0.356. The first-order valence-electron chi connectivity index (χ1n) is 11.0. The first-order chi connectivity index (χ1) is 16.2. The molecular weight excluding hydrogens is 440 g/mol. The molecule has 0 atom stereocenters. The van der Waals surface area contributed by atoms with Gasteiger partial charge in [0.2, 0.25) is 0 Å². The second-order valence-electron chi connectivity index (χ2n) is 7.50. The van der Waals surface area contributed by atoms with Crippen molar-refractivity contribution in [2.45, 2.75) is 13.5 Å². The minimum absolute atomic E-state index is 0.336. The van der Waals surface area contributed by atoms with Gasteiger partial charge in [0.15, 0.2) is 5.13 Å². The van der Waals surface area contributed by atoms with E-state index in [0.29, 0.717) is 29.0 Å². The van der Waals surface area contributed by atoms with Gasteiger partial charge in [-0.2, -0.15) is 0 Å². The van der Waals surface area contributed by atoms with Crippen molar-refractivity contribution in [2.24, 2.45) is 0 Å². The van der Waals surface area contributed by atoms with Crippen LogP contribution in [-0.4, -0.2) is 71.8 Å². The first kappa shape index (κ1) is 23.1. The Morgan fingerprint density at radius 1 is 1.12 bits per heavy atom.